The van der Waals surface area contributed by atoms with E-state index in [1.54, 1.807) is 11.3 Å². The van der Waals surface area contributed by atoms with Gasteiger partial charge in [0, 0.05) is 16.3 Å². The maximum atomic E-state index is 10.6. The predicted molar refractivity (Wildman–Crippen MR) is 82.2 cm³/mol. The lowest BCUT2D eigenvalue weighted by molar-refractivity contribution is -0.136. The molecule has 1 aromatic heterocycles. The highest BCUT2D eigenvalue weighted by Gasteiger charge is 2.17. The normalized spacial score (nSPS) is 17.4. The highest BCUT2D eigenvalue weighted by molar-refractivity contribution is 7.12. The molecule has 0 bridgehead atoms. The zero-order valence-corrected chi connectivity index (χ0v) is 12.9. The Labute approximate surface area is 124 Å². The van der Waals surface area contributed by atoms with Crippen molar-refractivity contribution < 1.29 is 9.90 Å². The van der Waals surface area contributed by atoms with Crippen molar-refractivity contribution in [2.75, 3.05) is 26.2 Å². The van der Waals surface area contributed by atoms with Crippen molar-refractivity contribution in [2.45, 2.75) is 32.7 Å². The Bertz CT molecular complexity index is 425. The van der Waals surface area contributed by atoms with Crippen LogP contribution in [0.3, 0.4) is 0 Å². The number of rotatable bonds is 7. The van der Waals surface area contributed by atoms with Crippen molar-refractivity contribution in [1.82, 2.24) is 10.2 Å². The minimum absolute atomic E-state index is 0.139. The molecule has 0 spiro atoms. The third kappa shape index (κ3) is 4.89. The number of carboxylic acids is 1. The van der Waals surface area contributed by atoms with Gasteiger partial charge in [-0.15, -0.1) is 11.3 Å². The molecule has 1 saturated heterocycles. The van der Waals surface area contributed by atoms with Gasteiger partial charge < -0.3 is 15.3 Å². The molecule has 112 valence electrons. The van der Waals surface area contributed by atoms with E-state index in [1.807, 2.05) is 12.1 Å². The topological polar surface area (TPSA) is 52.6 Å². The van der Waals surface area contributed by atoms with Crippen molar-refractivity contribution in [3.8, 4) is 0 Å². The van der Waals surface area contributed by atoms with Crippen molar-refractivity contribution in [1.29, 1.82) is 0 Å². The van der Waals surface area contributed by atoms with Gasteiger partial charge >= 0.3 is 5.97 Å². The number of carboxylic acid groups (broad SMARTS) is 1. The number of hydrogen-bond acceptors (Lipinski definition) is 4. The quantitative estimate of drug-likeness (QED) is 0.810. The van der Waals surface area contributed by atoms with Gasteiger partial charge in [0.05, 0.1) is 6.42 Å². The number of carbonyl (C=O) groups is 1. The summed E-state index contributed by atoms with van der Waals surface area (Å²) in [5, 5.41) is 12.3. The Morgan fingerprint density at radius 2 is 2.10 bits per heavy atom. The van der Waals surface area contributed by atoms with Gasteiger partial charge in [-0.25, -0.2) is 0 Å². The molecule has 1 aliphatic heterocycles. The first-order chi connectivity index (χ1) is 9.67. The SMILES string of the molecule is CCN1CCC(CNCc2ccc(CC(=O)O)s2)CC1. The first-order valence-corrected chi connectivity index (χ1v) is 8.21. The van der Waals surface area contributed by atoms with Crippen LogP contribution in [-0.2, 0) is 17.8 Å². The summed E-state index contributed by atoms with van der Waals surface area (Å²) in [6.07, 6.45) is 2.71. The molecular weight excluding hydrogens is 272 g/mol. The monoisotopic (exact) mass is 296 g/mol. The molecule has 0 radical (unpaired) electrons. The molecular formula is C15H24N2O2S. The Hall–Kier alpha value is -0.910. The molecule has 0 saturated carbocycles. The van der Waals surface area contributed by atoms with Gasteiger partial charge in [-0.2, -0.15) is 0 Å². The van der Waals surface area contributed by atoms with Crippen LogP contribution in [0.1, 0.15) is 29.5 Å². The Morgan fingerprint density at radius 3 is 2.75 bits per heavy atom. The lowest BCUT2D eigenvalue weighted by Gasteiger charge is -2.31. The number of aliphatic carboxylic acids is 1. The average molecular weight is 296 g/mol. The average Bonchev–Trinajstić information content (AvgIpc) is 2.86. The number of likely N-dealkylation sites (tertiary alicyclic amines) is 1. The number of nitrogens with zero attached hydrogens (tertiary/aromatic N) is 1. The first-order valence-electron chi connectivity index (χ1n) is 7.39. The molecule has 0 amide bonds. The molecule has 4 nitrogen and oxygen atoms in total. The largest absolute Gasteiger partial charge is 0.481 e. The zero-order valence-electron chi connectivity index (χ0n) is 12.1. The smallest absolute Gasteiger partial charge is 0.308 e. The van der Waals surface area contributed by atoms with E-state index >= 15 is 0 Å². The van der Waals surface area contributed by atoms with Crippen LogP contribution < -0.4 is 5.32 Å². The molecule has 2 heterocycles. The lowest BCUT2D eigenvalue weighted by Crippen LogP contribution is -2.36. The van der Waals surface area contributed by atoms with Crippen molar-refractivity contribution in [2.24, 2.45) is 5.92 Å². The van der Waals surface area contributed by atoms with E-state index in [4.69, 9.17) is 5.11 Å². The zero-order chi connectivity index (χ0) is 14.4. The van der Waals surface area contributed by atoms with Gasteiger partial charge in [-0.3, -0.25) is 4.79 Å². The Morgan fingerprint density at radius 1 is 1.40 bits per heavy atom. The third-order valence-electron chi connectivity index (χ3n) is 3.93. The Balaban J connectivity index is 1.66. The molecule has 5 heteroatoms. The lowest BCUT2D eigenvalue weighted by atomic mass is 9.97. The summed E-state index contributed by atoms with van der Waals surface area (Å²) in [5.74, 6) is 0.0327. The molecule has 2 rings (SSSR count). The van der Waals surface area contributed by atoms with Crippen molar-refractivity contribution >= 4 is 17.3 Å². The van der Waals surface area contributed by atoms with Crippen LogP contribution in [-0.4, -0.2) is 42.2 Å². The predicted octanol–water partition coefficient (Wildman–Crippen LogP) is 2.20. The van der Waals surface area contributed by atoms with Crippen LogP contribution >= 0.6 is 11.3 Å². The van der Waals surface area contributed by atoms with Gasteiger partial charge in [-0.1, -0.05) is 6.92 Å². The van der Waals surface area contributed by atoms with Gasteiger partial charge in [0.25, 0.3) is 0 Å². The highest BCUT2D eigenvalue weighted by Crippen LogP contribution is 2.18. The van der Waals surface area contributed by atoms with Gasteiger partial charge in [-0.05, 0) is 57.1 Å². The number of piperidine rings is 1. The van der Waals surface area contributed by atoms with Crippen molar-refractivity contribution in [3.05, 3.63) is 21.9 Å². The second-order valence-electron chi connectivity index (χ2n) is 5.45. The fraction of sp³-hybridized carbons (Fsp3) is 0.667. The van der Waals surface area contributed by atoms with Crippen LogP contribution in [0.4, 0.5) is 0 Å². The van der Waals surface area contributed by atoms with Crippen molar-refractivity contribution in [3.63, 3.8) is 0 Å². The number of hydrogen-bond donors (Lipinski definition) is 2. The standard InChI is InChI=1S/C15H24N2O2S/c1-2-17-7-5-12(6-8-17)10-16-11-14-4-3-13(20-14)9-15(18)19/h3-4,12,16H,2,5-11H2,1H3,(H,18,19). The van der Waals surface area contributed by atoms with Gasteiger partial charge in [0.1, 0.15) is 0 Å². The molecule has 0 aromatic carbocycles. The van der Waals surface area contributed by atoms with E-state index in [0.29, 0.717) is 0 Å². The van der Waals surface area contributed by atoms with E-state index in [-0.39, 0.29) is 6.42 Å². The summed E-state index contributed by atoms with van der Waals surface area (Å²) in [5.41, 5.74) is 0. The number of thiophene rings is 1. The highest BCUT2D eigenvalue weighted by atomic mass is 32.1. The maximum Gasteiger partial charge on any atom is 0.308 e. The third-order valence-corrected chi connectivity index (χ3v) is 5.01. The molecule has 20 heavy (non-hydrogen) atoms. The van der Waals surface area contributed by atoms with Crippen LogP contribution in [0.2, 0.25) is 0 Å². The van der Waals surface area contributed by atoms with Gasteiger partial charge in [0.2, 0.25) is 0 Å². The molecule has 0 atom stereocenters. The minimum Gasteiger partial charge on any atom is -0.481 e. The van der Waals surface area contributed by atoms with E-state index < -0.39 is 5.97 Å². The second kappa shape index (κ2) is 7.76. The molecule has 2 N–H and O–H groups in total. The summed E-state index contributed by atoms with van der Waals surface area (Å²) in [7, 11) is 0. The molecule has 0 unspecified atom stereocenters. The minimum atomic E-state index is -0.756. The fourth-order valence-electron chi connectivity index (χ4n) is 2.67. The first kappa shape index (κ1) is 15.5. The maximum absolute atomic E-state index is 10.6. The second-order valence-corrected chi connectivity index (χ2v) is 6.70. The van der Waals surface area contributed by atoms with E-state index in [1.165, 1.54) is 37.4 Å². The molecule has 1 aliphatic rings. The van der Waals surface area contributed by atoms with E-state index in [0.717, 1.165) is 23.9 Å². The number of nitrogens with one attached hydrogen (secondary N) is 1. The summed E-state index contributed by atoms with van der Waals surface area (Å²) >= 11 is 1.60. The van der Waals surface area contributed by atoms with Crippen LogP contribution in [0.5, 0.6) is 0 Å². The summed E-state index contributed by atoms with van der Waals surface area (Å²) in [6.45, 7) is 7.78. The summed E-state index contributed by atoms with van der Waals surface area (Å²) < 4.78 is 0. The van der Waals surface area contributed by atoms with Gasteiger partial charge in [0.15, 0.2) is 0 Å². The fourth-order valence-corrected chi connectivity index (χ4v) is 3.65. The molecule has 1 fully saturated rings. The van der Waals surface area contributed by atoms with Crippen LogP contribution in [0.25, 0.3) is 0 Å². The van der Waals surface area contributed by atoms with Crippen LogP contribution in [0, 0.1) is 5.92 Å². The van der Waals surface area contributed by atoms with E-state index in [9.17, 15) is 4.79 Å². The van der Waals surface area contributed by atoms with E-state index in [2.05, 4.69) is 17.1 Å². The Kier molecular flexibility index (Phi) is 6.01. The summed E-state index contributed by atoms with van der Waals surface area (Å²) in [4.78, 5) is 15.3. The van der Waals surface area contributed by atoms with Crippen LogP contribution in [0.15, 0.2) is 12.1 Å². The molecule has 1 aromatic rings. The summed E-state index contributed by atoms with van der Waals surface area (Å²) in [6, 6.07) is 3.96. The molecule has 0 aliphatic carbocycles.